The van der Waals surface area contributed by atoms with E-state index in [1.807, 2.05) is 63.9 Å². The zero-order chi connectivity index (χ0) is 38.2. The number of hydrogen-bond donors (Lipinski definition) is 5. The van der Waals surface area contributed by atoms with Gasteiger partial charge in [0.05, 0.1) is 8.04 Å². The van der Waals surface area contributed by atoms with Gasteiger partial charge < -0.3 is 46.4 Å². The Bertz CT molecular complexity index is 1780. The number of phenolic OH excluding ortho intramolecular Hbond substituents is 1. The van der Waals surface area contributed by atoms with Gasteiger partial charge >= 0.3 is 12.1 Å². The van der Waals surface area contributed by atoms with Crippen molar-refractivity contribution in [2.45, 2.75) is 63.2 Å². The smallest absolute Gasteiger partial charge is 0.322 e. The summed E-state index contributed by atoms with van der Waals surface area (Å²) in [5, 5.41) is 19.3. The number of piperazine rings is 1. The van der Waals surface area contributed by atoms with Crippen LogP contribution in [-0.2, 0) is 22.6 Å². The molecule has 2 saturated heterocycles. The highest BCUT2D eigenvalue weighted by molar-refractivity contribution is 14.1. The number of anilines is 2. The molecule has 0 unspecified atom stereocenters. The van der Waals surface area contributed by atoms with Gasteiger partial charge in [0, 0.05) is 82.0 Å². The van der Waals surface area contributed by atoms with Crippen LogP contribution >= 0.6 is 38.5 Å². The molecule has 0 radical (unpaired) electrons. The van der Waals surface area contributed by atoms with Crippen molar-refractivity contribution in [3.63, 3.8) is 0 Å². The number of carbonyl (C=O) groups is 4. The van der Waals surface area contributed by atoms with Crippen LogP contribution in [0.3, 0.4) is 0 Å². The van der Waals surface area contributed by atoms with E-state index < -0.39 is 24.0 Å². The number of amides is 6. The number of unbranched alkanes of at least 4 members (excludes halogenated alkanes) is 1. The Morgan fingerprint density at radius 1 is 0.963 bits per heavy atom. The molecule has 6 N–H and O–H groups in total. The van der Waals surface area contributed by atoms with Crippen LogP contribution in [0.1, 0.15) is 43.2 Å². The van der Waals surface area contributed by atoms with Crippen molar-refractivity contribution in [1.82, 2.24) is 30.3 Å². The summed E-state index contributed by atoms with van der Waals surface area (Å²) in [6.07, 6.45) is 6.59. The summed E-state index contributed by atoms with van der Waals surface area (Å²) in [5.41, 5.74) is 9.43. The zero-order valence-corrected chi connectivity index (χ0v) is 33.8. The molecule has 3 aliphatic rings. The number of nitrogens with two attached hydrogens (primary N) is 1. The lowest BCUT2D eigenvalue weighted by Crippen LogP contribution is -2.59. The summed E-state index contributed by atoms with van der Waals surface area (Å²) in [7, 11) is 0. The largest absolute Gasteiger partial charge is 0.506 e. The minimum Gasteiger partial charge on any atom is -0.506 e. The molecule has 4 heterocycles. The summed E-state index contributed by atoms with van der Waals surface area (Å²) < 4.78 is 1.07. The van der Waals surface area contributed by atoms with E-state index in [0.29, 0.717) is 92.5 Å². The van der Waals surface area contributed by atoms with Crippen molar-refractivity contribution in [2.24, 2.45) is 5.73 Å². The van der Waals surface area contributed by atoms with Gasteiger partial charge in [-0.15, -0.1) is 0 Å². The van der Waals surface area contributed by atoms with Crippen LogP contribution in [0.25, 0.3) is 0 Å². The maximum absolute atomic E-state index is 14.2. The lowest BCUT2D eigenvalue weighted by Gasteiger charge is -2.40. The molecule has 1 aromatic heterocycles. The van der Waals surface area contributed by atoms with E-state index in [9.17, 15) is 24.3 Å². The minimum atomic E-state index is -1.01. The number of phenols is 1. The fourth-order valence-electron chi connectivity index (χ4n) is 7.30. The Morgan fingerprint density at radius 3 is 2.39 bits per heavy atom. The van der Waals surface area contributed by atoms with Gasteiger partial charge in [-0.2, -0.15) is 0 Å². The standard InChI is InChI=1S/C38H47BrIN9O5/c39-29-21-25(22-30(40)34(29)50)23-33(45-37(53)48-15-10-28(11-16-48)49-24-26-5-1-2-6-31(26)44-38(49)54)35(51)43-32(7-3-4-12-41)36(52)47-19-17-46(18-20-47)27-8-13-42-14-9-27/h1-2,5-6,8-9,13-14,21-22,28,32-33,50H,3-4,7,10-12,15-20,23-24,41H2,(H,43,51)(H,44,54)(H,45,53)/t32-,33+/m0/s1. The first kappa shape index (κ1) is 39.5. The molecule has 0 bridgehead atoms. The Morgan fingerprint density at radius 2 is 1.69 bits per heavy atom. The van der Waals surface area contributed by atoms with E-state index in [1.165, 1.54) is 0 Å². The van der Waals surface area contributed by atoms with Gasteiger partial charge in [-0.3, -0.25) is 14.6 Å². The van der Waals surface area contributed by atoms with Gasteiger partial charge in [0.2, 0.25) is 11.8 Å². The van der Waals surface area contributed by atoms with E-state index in [-0.39, 0.29) is 30.2 Å². The van der Waals surface area contributed by atoms with Gasteiger partial charge in [0.25, 0.3) is 0 Å². The van der Waals surface area contributed by atoms with E-state index in [2.05, 4.69) is 41.8 Å². The summed E-state index contributed by atoms with van der Waals surface area (Å²) in [4.78, 5) is 66.6. The van der Waals surface area contributed by atoms with Crippen LogP contribution in [0.5, 0.6) is 5.75 Å². The highest BCUT2D eigenvalue weighted by Gasteiger charge is 2.35. The summed E-state index contributed by atoms with van der Waals surface area (Å²) in [5.74, 6) is -0.538. The number of aromatic hydroxyl groups is 1. The van der Waals surface area contributed by atoms with Crippen molar-refractivity contribution in [2.75, 3.05) is 56.0 Å². The molecular formula is C38H47BrIN9O5. The van der Waals surface area contributed by atoms with Gasteiger partial charge in [0.15, 0.2) is 0 Å². The van der Waals surface area contributed by atoms with Crippen molar-refractivity contribution < 1.29 is 24.3 Å². The number of para-hydroxylation sites is 1. The normalized spacial score (nSPS) is 17.4. The molecule has 0 saturated carbocycles. The fourth-order valence-corrected chi connectivity index (χ4v) is 8.87. The maximum atomic E-state index is 14.2. The van der Waals surface area contributed by atoms with E-state index in [4.69, 9.17) is 5.73 Å². The molecule has 14 nitrogen and oxygen atoms in total. The average Bonchev–Trinajstić information content (AvgIpc) is 3.19. The van der Waals surface area contributed by atoms with Crippen LogP contribution in [0.15, 0.2) is 65.4 Å². The molecule has 3 aliphatic heterocycles. The Balaban J connectivity index is 1.13. The lowest BCUT2D eigenvalue weighted by atomic mass is 10.0. The maximum Gasteiger partial charge on any atom is 0.322 e. The van der Waals surface area contributed by atoms with Crippen LogP contribution in [0, 0.1) is 3.57 Å². The summed E-state index contributed by atoms with van der Waals surface area (Å²) in [6, 6.07) is 12.8. The average molecular weight is 917 g/mol. The quantitative estimate of drug-likeness (QED) is 0.132. The van der Waals surface area contributed by atoms with Gasteiger partial charge in [0.1, 0.15) is 17.8 Å². The summed E-state index contributed by atoms with van der Waals surface area (Å²) >= 11 is 5.42. The molecule has 6 amide bonds. The molecule has 288 valence electrons. The van der Waals surface area contributed by atoms with E-state index in [0.717, 1.165) is 22.5 Å². The number of hydrogen-bond acceptors (Lipinski definition) is 8. The predicted molar refractivity (Wildman–Crippen MR) is 218 cm³/mol. The molecule has 3 aromatic rings. The molecule has 2 fully saturated rings. The third kappa shape index (κ3) is 9.73. The minimum absolute atomic E-state index is 0.0372. The van der Waals surface area contributed by atoms with Gasteiger partial charge in [-0.05, 0) is 119 Å². The number of halogens is 2. The molecular weight excluding hydrogens is 869 g/mol. The number of rotatable bonds is 12. The van der Waals surface area contributed by atoms with Gasteiger partial charge in [-0.25, -0.2) is 9.59 Å². The Labute approximate surface area is 337 Å². The monoisotopic (exact) mass is 915 g/mol. The summed E-state index contributed by atoms with van der Waals surface area (Å²) in [6.45, 7) is 4.11. The zero-order valence-electron chi connectivity index (χ0n) is 30.1. The van der Waals surface area contributed by atoms with Gasteiger partial charge in [-0.1, -0.05) is 18.2 Å². The second-order valence-electron chi connectivity index (χ2n) is 13.9. The number of pyridine rings is 1. The second kappa shape index (κ2) is 18.4. The van der Waals surface area contributed by atoms with E-state index in [1.54, 1.807) is 34.3 Å². The Hall–Kier alpha value is -4.16. The number of urea groups is 2. The predicted octanol–water partition coefficient (Wildman–Crippen LogP) is 4.25. The fraction of sp³-hybridized carbons (Fsp3) is 0.447. The van der Waals surface area contributed by atoms with Crippen molar-refractivity contribution >= 4 is 73.8 Å². The molecule has 6 rings (SSSR count). The number of benzene rings is 2. The number of piperidine rings is 1. The van der Waals surface area contributed by atoms with Crippen LogP contribution in [0.4, 0.5) is 21.0 Å². The van der Waals surface area contributed by atoms with Crippen LogP contribution in [-0.4, -0.2) is 113 Å². The van der Waals surface area contributed by atoms with E-state index >= 15 is 0 Å². The van der Waals surface area contributed by atoms with Crippen molar-refractivity contribution in [3.05, 3.63) is 80.1 Å². The highest BCUT2D eigenvalue weighted by atomic mass is 127. The number of fused-ring (bicyclic) bond motifs is 1. The Kier molecular flexibility index (Phi) is 13.5. The number of likely N-dealkylation sites (tertiary alicyclic amines) is 1. The topological polar surface area (TPSA) is 176 Å². The number of nitrogens with zero attached hydrogens (tertiary/aromatic N) is 5. The highest BCUT2D eigenvalue weighted by Crippen LogP contribution is 2.31. The molecule has 2 atom stereocenters. The lowest BCUT2D eigenvalue weighted by molar-refractivity contribution is -0.137. The third-order valence-electron chi connectivity index (χ3n) is 10.4. The molecule has 2 aromatic carbocycles. The van der Waals surface area contributed by atoms with Crippen molar-refractivity contribution in [1.29, 1.82) is 0 Å². The van der Waals surface area contributed by atoms with Crippen LogP contribution in [0.2, 0.25) is 0 Å². The SMILES string of the molecule is NCCCC[C@H](NC(=O)[C@@H](Cc1cc(Br)c(O)c(I)c1)NC(=O)N1CCC(N2Cc3ccccc3NC2=O)CC1)C(=O)N1CCN(c2ccncc2)CC1. The first-order chi connectivity index (χ1) is 26.1. The number of aromatic nitrogens is 1. The number of carbonyl (C=O) groups excluding carboxylic acids is 4. The molecule has 0 aliphatic carbocycles. The molecule has 54 heavy (non-hydrogen) atoms. The second-order valence-corrected chi connectivity index (χ2v) is 15.9. The van der Waals surface area contributed by atoms with Crippen molar-refractivity contribution in [3.8, 4) is 5.75 Å². The molecule has 16 heteroatoms. The third-order valence-corrected chi connectivity index (χ3v) is 11.8. The molecule has 0 spiro atoms. The number of nitrogens with one attached hydrogen (secondary N) is 3. The first-order valence-electron chi connectivity index (χ1n) is 18.4. The van der Waals surface area contributed by atoms with Crippen LogP contribution < -0.4 is 26.6 Å². The first-order valence-corrected chi connectivity index (χ1v) is 20.3.